The van der Waals surface area contributed by atoms with Crippen LogP contribution in [0.15, 0.2) is 77.7 Å². The van der Waals surface area contributed by atoms with Crippen molar-refractivity contribution in [1.82, 2.24) is 10.2 Å². The Balaban J connectivity index is 2.06. The lowest BCUT2D eigenvalue weighted by Crippen LogP contribution is -2.54. The van der Waals surface area contributed by atoms with Crippen molar-refractivity contribution >= 4 is 39.1 Å². The van der Waals surface area contributed by atoms with Gasteiger partial charge in [0.2, 0.25) is 11.8 Å². The second-order valence-corrected chi connectivity index (χ2v) is 12.6. The third-order valence-electron chi connectivity index (χ3n) is 5.97. The highest BCUT2D eigenvalue weighted by Crippen LogP contribution is 2.31. The van der Waals surface area contributed by atoms with E-state index in [0.29, 0.717) is 0 Å². The third kappa shape index (κ3) is 7.58. The monoisotopic (exact) mass is 573 g/mol. The number of rotatable bonds is 9. The first kappa shape index (κ1) is 30.1. The lowest BCUT2D eigenvalue weighted by Gasteiger charge is -2.33. The molecule has 3 rings (SSSR count). The average molecular weight is 574 g/mol. The van der Waals surface area contributed by atoms with Gasteiger partial charge in [-0.25, -0.2) is 12.8 Å². The van der Waals surface area contributed by atoms with E-state index in [0.717, 1.165) is 9.87 Å². The number of aryl methyl sites for hydroxylation is 1. The molecular weight excluding hydrogens is 541 g/mol. The van der Waals surface area contributed by atoms with Crippen LogP contribution in [0.5, 0.6) is 0 Å². The summed E-state index contributed by atoms with van der Waals surface area (Å²) in [6, 6.07) is 17.4. The van der Waals surface area contributed by atoms with E-state index in [1.54, 1.807) is 51.1 Å². The van der Waals surface area contributed by atoms with Gasteiger partial charge in [-0.05, 0) is 65.0 Å². The molecule has 0 aromatic heterocycles. The highest BCUT2D eigenvalue weighted by Gasteiger charge is 2.34. The van der Waals surface area contributed by atoms with Gasteiger partial charge in [-0.15, -0.1) is 0 Å². The van der Waals surface area contributed by atoms with Crippen LogP contribution in [0.2, 0.25) is 5.02 Å². The summed E-state index contributed by atoms with van der Waals surface area (Å²) in [5.74, 6) is -1.71. The minimum Gasteiger partial charge on any atom is -0.350 e. The number of para-hydroxylation sites is 1. The van der Waals surface area contributed by atoms with Gasteiger partial charge in [-0.2, -0.15) is 0 Å². The van der Waals surface area contributed by atoms with Gasteiger partial charge in [0.15, 0.2) is 0 Å². The van der Waals surface area contributed by atoms with E-state index in [1.165, 1.54) is 54.3 Å². The minimum atomic E-state index is -4.25. The molecule has 0 spiro atoms. The molecule has 1 atom stereocenters. The summed E-state index contributed by atoms with van der Waals surface area (Å²) >= 11 is 6.39. The predicted octanol–water partition coefficient (Wildman–Crippen LogP) is 5.31. The van der Waals surface area contributed by atoms with Gasteiger partial charge in [-0.1, -0.05) is 59.6 Å². The van der Waals surface area contributed by atoms with Crippen molar-refractivity contribution in [2.75, 3.05) is 10.8 Å². The zero-order valence-electron chi connectivity index (χ0n) is 22.6. The van der Waals surface area contributed by atoms with Gasteiger partial charge in [-0.3, -0.25) is 13.9 Å². The van der Waals surface area contributed by atoms with Crippen LogP contribution in [-0.4, -0.2) is 43.3 Å². The summed E-state index contributed by atoms with van der Waals surface area (Å²) < 4.78 is 43.2. The predicted molar refractivity (Wildman–Crippen MR) is 151 cm³/mol. The first-order valence-electron chi connectivity index (χ1n) is 12.4. The van der Waals surface area contributed by atoms with Crippen LogP contribution in [0, 0.1) is 12.7 Å². The minimum absolute atomic E-state index is 0.0278. The molecule has 1 unspecified atom stereocenters. The maximum Gasteiger partial charge on any atom is 0.264 e. The molecule has 10 heteroatoms. The second kappa shape index (κ2) is 12.2. The molecule has 0 bridgehead atoms. The van der Waals surface area contributed by atoms with Gasteiger partial charge >= 0.3 is 0 Å². The number of nitrogens with zero attached hydrogens (tertiary/aromatic N) is 2. The average Bonchev–Trinajstić information content (AvgIpc) is 2.86. The van der Waals surface area contributed by atoms with Gasteiger partial charge in [0.1, 0.15) is 18.4 Å². The van der Waals surface area contributed by atoms with E-state index in [2.05, 4.69) is 5.32 Å². The third-order valence-corrected chi connectivity index (χ3v) is 8.07. The van der Waals surface area contributed by atoms with Gasteiger partial charge < -0.3 is 10.2 Å². The van der Waals surface area contributed by atoms with Crippen LogP contribution >= 0.6 is 11.6 Å². The molecule has 0 fully saturated rings. The highest BCUT2D eigenvalue weighted by molar-refractivity contribution is 7.92. The number of carbonyl (C=O) groups is 2. The molecule has 3 aromatic rings. The summed E-state index contributed by atoms with van der Waals surface area (Å²) in [5.41, 5.74) is 0.568. The number of nitrogens with one attached hydrogen (secondary N) is 1. The molecule has 2 amide bonds. The maximum absolute atomic E-state index is 14.6. The molecule has 3 aromatic carbocycles. The van der Waals surface area contributed by atoms with Crippen LogP contribution in [0.4, 0.5) is 10.1 Å². The number of hydrogen-bond donors (Lipinski definition) is 1. The van der Waals surface area contributed by atoms with Crippen LogP contribution in [0.1, 0.15) is 38.8 Å². The number of sulfonamides is 1. The molecule has 0 aliphatic heterocycles. The summed E-state index contributed by atoms with van der Waals surface area (Å²) in [6.45, 7) is 7.84. The largest absolute Gasteiger partial charge is 0.350 e. The number of hydrogen-bond acceptors (Lipinski definition) is 4. The quantitative estimate of drug-likeness (QED) is 0.376. The van der Waals surface area contributed by atoms with E-state index >= 15 is 0 Å². The van der Waals surface area contributed by atoms with Crippen molar-refractivity contribution < 1.29 is 22.4 Å². The normalized spacial score (nSPS) is 12.5. The summed E-state index contributed by atoms with van der Waals surface area (Å²) in [5, 5.41) is 2.96. The summed E-state index contributed by atoms with van der Waals surface area (Å²) in [4.78, 5) is 28.1. The number of amides is 2. The van der Waals surface area contributed by atoms with Gasteiger partial charge in [0.05, 0.1) is 15.6 Å². The Hall–Kier alpha value is -3.43. The Bertz CT molecular complexity index is 1440. The Labute approximate surface area is 234 Å². The molecule has 7 nitrogen and oxygen atoms in total. The standard InChI is InChI=1S/C29H33ClFN3O4S/c1-20-14-16-23(17-15-20)39(37,38)34(26-13-9-7-11-24(26)30)19-27(35)33(18-22-10-6-8-12-25(22)31)21(2)28(36)32-29(3,4)5/h6-17,21H,18-19H2,1-5H3,(H,32,36). The Kier molecular flexibility index (Phi) is 9.40. The molecule has 1 N–H and O–H groups in total. The van der Waals surface area contributed by atoms with Gasteiger partial charge in [0.25, 0.3) is 10.0 Å². The van der Waals surface area contributed by atoms with Crippen LogP contribution in [0.3, 0.4) is 0 Å². The first-order chi connectivity index (χ1) is 18.2. The number of halogens is 2. The molecular formula is C29H33ClFN3O4S. The number of carbonyl (C=O) groups excluding carboxylic acids is 2. The molecule has 0 aliphatic rings. The SMILES string of the molecule is Cc1ccc(S(=O)(=O)N(CC(=O)N(Cc2ccccc2F)C(C)C(=O)NC(C)(C)C)c2ccccc2Cl)cc1. The Morgan fingerprint density at radius 2 is 1.56 bits per heavy atom. The molecule has 0 radical (unpaired) electrons. The number of anilines is 1. The first-order valence-corrected chi connectivity index (χ1v) is 14.2. The van der Waals surface area contributed by atoms with Crippen molar-refractivity contribution in [2.45, 2.75) is 57.6 Å². The Morgan fingerprint density at radius 3 is 2.15 bits per heavy atom. The molecule has 0 aliphatic carbocycles. The number of benzene rings is 3. The lowest BCUT2D eigenvalue weighted by molar-refractivity contribution is -0.140. The van der Waals surface area contributed by atoms with Crippen molar-refractivity contribution in [3.05, 3.63) is 94.8 Å². The second-order valence-electron chi connectivity index (χ2n) is 10.3. The van der Waals surface area contributed by atoms with Crippen molar-refractivity contribution in [3.8, 4) is 0 Å². The highest BCUT2D eigenvalue weighted by atomic mass is 35.5. The van der Waals surface area contributed by atoms with E-state index in [9.17, 15) is 22.4 Å². The molecule has 0 heterocycles. The fourth-order valence-corrected chi connectivity index (χ4v) is 5.59. The molecule has 0 saturated heterocycles. The Morgan fingerprint density at radius 1 is 0.974 bits per heavy atom. The zero-order chi connectivity index (χ0) is 29.0. The molecule has 39 heavy (non-hydrogen) atoms. The van der Waals surface area contributed by atoms with E-state index in [4.69, 9.17) is 11.6 Å². The zero-order valence-corrected chi connectivity index (χ0v) is 24.2. The van der Waals surface area contributed by atoms with E-state index in [1.807, 2.05) is 6.92 Å². The smallest absolute Gasteiger partial charge is 0.264 e. The van der Waals surface area contributed by atoms with Crippen molar-refractivity contribution in [3.63, 3.8) is 0 Å². The van der Waals surface area contributed by atoms with Crippen LogP contribution in [0.25, 0.3) is 0 Å². The van der Waals surface area contributed by atoms with Crippen molar-refractivity contribution in [1.29, 1.82) is 0 Å². The topological polar surface area (TPSA) is 86.8 Å². The van der Waals surface area contributed by atoms with E-state index in [-0.39, 0.29) is 27.7 Å². The van der Waals surface area contributed by atoms with Crippen molar-refractivity contribution in [2.24, 2.45) is 0 Å². The maximum atomic E-state index is 14.6. The molecule has 208 valence electrons. The fraction of sp³-hybridized carbons (Fsp3) is 0.310. The summed E-state index contributed by atoms with van der Waals surface area (Å²) in [7, 11) is -4.25. The fourth-order valence-electron chi connectivity index (χ4n) is 3.87. The summed E-state index contributed by atoms with van der Waals surface area (Å²) in [6.07, 6.45) is 0. The van der Waals surface area contributed by atoms with E-state index < -0.39 is 45.8 Å². The van der Waals surface area contributed by atoms with Gasteiger partial charge in [0, 0.05) is 17.6 Å². The van der Waals surface area contributed by atoms with Crippen LogP contribution < -0.4 is 9.62 Å². The molecule has 0 saturated carbocycles. The van der Waals surface area contributed by atoms with Crippen LogP contribution in [-0.2, 0) is 26.2 Å². The lowest BCUT2D eigenvalue weighted by atomic mass is 10.1.